The number of anilines is 1. The van der Waals surface area contributed by atoms with Crippen LogP contribution in [0.5, 0.6) is 0 Å². The third-order valence-electron chi connectivity index (χ3n) is 5.81. The van der Waals surface area contributed by atoms with Crippen LogP contribution in [0.2, 0.25) is 0 Å². The molecule has 2 heterocycles. The summed E-state index contributed by atoms with van der Waals surface area (Å²) < 4.78 is 5.78. The number of aromatic nitrogens is 3. The minimum Gasteiger partial charge on any atom is -0.451 e. The number of hydrogen-bond acceptors (Lipinski definition) is 5. The van der Waals surface area contributed by atoms with Crippen molar-refractivity contribution in [3.05, 3.63) is 95.2 Å². The topological polar surface area (TPSA) is 85.0 Å². The van der Waals surface area contributed by atoms with Crippen LogP contribution in [-0.4, -0.2) is 26.0 Å². The van der Waals surface area contributed by atoms with Crippen molar-refractivity contribution in [2.75, 3.05) is 5.32 Å². The summed E-state index contributed by atoms with van der Waals surface area (Å²) in [6.07, 6.45) is 0. The van der Waals surface area contributed by atoms with Crippen LogP contribution in [0.15, 0.2) is 77.2 Å². The molecule has 0 spiro atoms. The largest absolute Gasteiger partial charge is 0.451 e. The van der Waals surface area contributed by atoms with Crippen LogP contribution in [0.25, 0.3) is 28.0 Å². The van der Waals surface area contributed by atoms with E-state index in [0.717, 1.165) is 33.6 Å². The maximum Gasteiger partial charge on any atom is 0.293 e. The number of rotatable bonds is 4. The molecule has 0 saturated heterocycles. The molecule has 0 aliphatic carbocycles. The fourth-order valence-corrected chi connectivity index (χ4v) is 3.91. The van der Waals surface area contributed by atoms with Crippen molar-refractivity contribution >= 4 is 40.0 Å². The average molecular weight is 482 g/mol. The summed E-state index contributed by atoms with van der Waals surface area (Å²) in [5.74, 6) is 0.381. The molecule has 2 N–H and O–H groups in total. The molecule has 2 aromatic heterocycles. The predicted octanol–water partition coefficient (Wildman–Crippen LogP) is 5.73. The minimum atomic E-state index is -0.425. The van der Waals surface area contributed by atoms with Crippen molar-refractivity contribution < 1.29 is 9.21 Å². The number of carbonyl (C=O) groups excluding carboxylic acids is 1. The van der Waals surface area contributed by atoms with Crippen LogP contribution in [0, 0.1) is 20.8 Å². The van der Waals surface area contributed by atoms with Crippen LogP contribution in [0.1, 0.15) is 27.2 Å². The lowest BCUT2D eigenvalue weighted by molar-refractivity contribution is 0.0951. The lowest BCUT2D eigenvalue weighted by Gasteiger charge is -2.11. The van der Waals surface area contributed by atoms with E-state index in [2.05, 4.69) is 27.8 Å². The van der Waals surface area contributed by atoms with E-state index in [0.29, 0.717) is 11.3 Å². The molecule has 0 atom stereocenters. The molecule has 0 fully saturated rings. The van der Waals surface area contributed by atoms with Crippen molar-refractivity contribution in [2.24, 2.45) is 0 Å². The Hall–Kier alpha value is -4.30. The Morgan fingerprint density at radius 2 is 1.60 bits per heavy atom. The van der Waals surface area contributed by atoms with Gasteiger partial charge in [-0.05, 0) is 92.1 Å². The molecular weight excluding hydrogens is 458 g/mol. The van der Waals surface area contributed by atoms with Crippen LogP contribution < -0.4 is 10.6 Å². The molecule has 174 valence electrons. The average Bonchev–Trinajstić information content (AvgIpc) is 3.49. The van der Waals surface area contributed by atoms with E-state index in [4.69, 9.17) is 16.6 Å². The normalized spacial score (nSPS) is 10.9. The third-order valence-corrected chi connectivity index (χ3v) is 6.01. The molecule has 8 heteroatoms. The Bertz CT molecular complexity index is 1570. The number of nitrogens with zero attached hydrogens (tertiary/aromatic N) is 3. The smallest absolute Gasteiger partial charge is 0.293 e. The Kier molecular flexibility index (Phi) is 5.88. The number of nitrogens with one attached hydrogen (secondary N) is 2. The van der Waals surface area contributed by atoms with Gasteiger partial charge in [-0.15, -0.1) is 10.2 Å². The maximum atomic E-state index is 12.7. The summed E-state index contributed by atoms with van der Waals surface area (Å²) in [6, 6.07) is 23.0. The van der Waals surface area contributed by atoms with Gasteiger partial charge in [0, 0.05) is 11.3 Å². The van der Waals surface area contributed by atoms with Gasteiger partial charge < -0.3 is 9.73 Å². The second kappa shape index (κ2) is 9.15. The zero-order valence-corrected chi connectivity index (χ0v) is 20.3. The van der Waals surface area contributed by atoms with Crippen LogP contribution in [0.3, 0.4) is 0 Å². The number of carbonyl (C=O) groups is 1. The first-order valence-corrected chi connectivity index (χ1v) is 11.5. The number of amides is 1. The number of benzene rings is 3. The van der Waals surface area contributed by atoms with E-state index in [1.807, 2.05) is 74.5 Å². The number of hydrogen-bond donors (Lipinski definition) is 2. The summed E-state index contributed by atoms with van der Waals surface area (Å²) in [4.78, 5) is 14.3. The number of furan rings is 1. The number of fused-ring (bicyclic) bond motifs is 1. The first-order chi connectivity index (χ1) is 16.9. The lowest BCUT2D eigenvalue weighted by Crippen LogP contribution is -2.34. The Morgan fingerprint density at radius 1 is 0.857 bits per heavy atom. The SMILES string of the molecule is Cc1ccc(-c2ccc(C(=O)NC(=S)Nc3cc4nn(-c5ccccc5)nc4cc3C)o2)cc1C. The first kappa shape index (κ1) is 22.5. The van der Waals surface area contributed by atoms with Gasteiger partial charge in [0.1, 0.15) is 16.8 Å². The van der Waals surface area contributed by atoms with Gasteiger partial charge in [-0.3, -0.25) is 10.1 Å². The van der Waals surface area contributed by atoms with Gasteiger partial charge in [0.2, 0.25) is 0 Å². The molecule has 7 nitrogen and oxygen atoms in total. The summed E-state index contributed by atoms with van der Waals surface area (Å²) >= 11 is 5.38. The predicted molar refractivity (Wildman–Crippen MR) is 141 cm³/mol. The van der Waals surface area contributed by atoms with E-state index >= 15 is 0 Å². The van der Waals surface area contributed by atoms with Crippen LogP contribution >= 0.6 is 12.2 Å². The number of aryl methyl sites for hydroxylation is 3. The molecule has 0 saturated carbocycles. The van der Waals surface area contributed by atoms with Gasteiger partial charge in [0.25, 0.3) is 5.91 Å². The fourth-order valence-electron chi connectivity index (χ4n) is 3.71. The van der Waals surface area contributed by atoms with Gasteiger partial charge in [-0.2, -0.15) is 4.80 Å². The highest BCUT2D eigenvalue weighted by atomic mass is 32.1. The molecule has 0 bridgehead atoms. The Balaban J connectivity index is 1.29. The molecule has 5 rings (SSSR count). The lowest BCUT2D eigenvalue weighted by atomic mass is 10.1. The second-order valence-corrected chi connectivity index (χ2v) is 8.76. The summed E-state index contributed by atoms with van der Waals surface area (Å²) in [7, 11) is 0. The maximum absolute atomic E-state index is 12.7. The van der Waals surface area contributed by atoms with Gasteiger partial charge in [-0.25, -0.2) is 0 Å². The second-order valence-electron chi connectivity index (χ2n) is 8.35. The molecule has 3 aromatic carbocycles. The van der Waals surface area contributed by atoms with Crippen molar-refractivity contribution in [1.29, 1.82) is 0 Å². The summed E-state index contributed by atoms with van der Waals surface area (Å²) in [5, 5.41) is 15.0. The van der Waals surface area contributed by atoms with Gasteiger partial charge in [0.15, 0.2) is 10.9 Å². The van der Waals surface area contributed by atoms with Crippen molar-refractivity contribution in [2.45, 2.75) is 20.8 Å². The summed E-state index contributed by atoms with van der Waals surface area (Å²) in [5.41, 5.74) is 7.28. The molecule has 0 radical (unpaired) electrons. The Morgan fingerprint density at radius 3 is 2.34 bits per heavy atom. The van der Waals surface area contributed by atoms with Crippen molar-refractivity contribution in [1.82, 2.24) is 20.3 Å². The van der Waals surface area contributed by atoms with Crippen molar-refractivity contribution in [3.63, 3.8) is 0 Å². The highest BCUT2D eigenvalue weighted by molar-refractivity contribution is 7.80. The van der Waals surface area contributed by atoms with E-state index in [9.17, 15) is 4.79 Å². The third kappa shape index (κ3) is 4.69. The minimum absolute atomic E-state index is 0.164. The fraction of sp³-hybridized carbons (Fsp3) is 0.111. The van der Waals surface area contributed by atoms with Gasteiger partial charge in [0.05, 0.1) is 5.69 Å². The highest BCUT2D eigenvalue weighted by Gasteiger charge is 2.15. The highest BCUT2D eigenvalue weighted by Crippen LogP contribution is 2.25. The quantitative estimate of drug-likeness (QED) is 0.319. The van der Waals surface area contributed by atoms with E-state index in [-0.39, 0.29) is 10.9 Å². The number of thiocarbonyl (C=S) groups is 1. The molecular formula is C27H23N5O2S. The van der Waals surface area contributed by atoms with E-state index < -0.39 is 5.91 Å². The van der Waals surface area contributed by atoms with Gasteiger partial charge in [-0.1, -0.05) is 30.3 Å². The van der Waals surface area contributed by atoms with E-state index in [1.54, 1.807) is 16.9 Å². The van der Waals surface area contributed by atoms with E-state index in [1.165, 1.54) is 5.56 Å². The zero-order chi connectivity index (χ0) is 24.5. The molecule has 5 aromatic rings. The summed E-state index contributed by atoms with van der Waals surface area (Å²) in [6.45, 7) is 6.04. The first-order valence-electron chi connectivity index (χ1n) is 11.1. The monoisotopic (exact) mass is 481 g/mol. The molecule has 0 aliphatic heterocycles. The number of para-hydroxylation sites is 1. The molecule has 1 amide bonds. The Labute approximate surface area is 207 Å². The van der Waals surface area contributed by atoms with Gasteiger partial charge >= 0.3 is 0 Å². The molecule has 0 aliphatic rings. The van der Waals surface area contributed by atoms with Crippen LogP contribution in [-0.2, 0) is 0 Å². The molecule has 35 heavy (non-hydrogen) atoms. The molecule has 0 unspecified atom stereocenters. The standard InChI is InChI=1S/C27H23N5O2S/c1-16-9-10-19(13-17(16)2)24-11-12-25(34-24)26(33)29-27(35)28-21-15-23-22(14-18(21)3)30-32(31-23)20-7-5-4-6-8-20/h4-15H,1-3H3,(H2,28,29,33,35). The van der Waals surface area contributed by atoms with Crippen LogP contribution in [0.4, 0.5) is 5.69 Å². The van der Waals surface area contributed by atoms with Crippen molar-refractivity contribution in [3.8, 4) is 17.0 Å². The zero-order valence-electron chi connectivity index (χ0n) is 19.5.